The van der Waals surface area contributed by atoms with Crippen LogP contribution in [0, 0.1) is 0 Å². The molecule has 1 aromatic carbocycles. The van der Waals surface area contributed by atoms with Gasteiger partial charge in [-0.3, -0.25) is 0 Å². The minimum atomic E-state index is -3.70. The fourth-order valence-corrected chi connectivity index (χ4v) is 2.99. The first-order chi connectivity index (χ1) is 9.98. The van der Waals surface area contributed by atoms with Crippen molar-refractivity contribution in [3.8, 4) is 5.75 Å². The Kier molecular flexibility index (Phi) is 4.66. The van der Waals surface area contributed by atoms with Crippen LogP contribution in [0.25, 0.3) is 0 Å². The molecule has 2 rings (SSSR count). The summed E-state index contributed by atoms with van der Waals surface area (Å²) in [4.78, 5) is 0. The monoisotopic (exact) mass is 310 g/mol. The van der Waals surface area contributed by atoms with E-state index in [0.717, 1.165) is 5.56 Å². The predicted octanol–water partition coefficient (Wildman–Crippen LogP) is 1.57. The molecule has 1 aromatic heterocycles. The molecule has 0 fully saturated rings. The third kappa shape index (κ3) is 3.26. The van der Waals surface area contributed by atoms with Gasteiger partial charge in [0.2, 0.25) is 5.09 Å². The normalized spacial score (nSPS) is 11.8. The number of sulfonamides is 1. The van der Waals surface area contributed by atoms with Crippen LogP contribution in [0.2, 0.25) is 0 Å². The summed E-state index contributed by atoms with van der Waals surface area (Å²) in [5, 5.41) is -0.111. The topological polar surface area (TPSA) is 85.8 Å². The molecule has 0 unspecified atom stereocenters. The minimum absolute atomic E-state index is 0.111. The zero-order valence-corrected chi connectivity index (χ0v) is 12.8. The van der Waals surface area contributed by atoms with Gasteiger partial charge < -0.3 is 14.9 Å². The van der Waals surface area contributed by atoms with Gasteiger partial charge in [0.15, 0.2) is 0 Å². The van der Waals surface area contributed by atoms with Gasteiger partial charge in [-0.25, -0.2) is 8.42 Å². The highest BCUT2D eigenvalue weighted by Gasteiger charge is 2.25. The number of nitrogens with two attached hydrogens (primary N) is 1. The lowest BCUT2D eigenvalue weighted by Gasteiger charge is -2.17. The van der Waals surface area contributed by atoms with Crippen molar-refractivity contribution in [2.45, 2.75) is 18.2 Å². The number of benzene rings is 1. The van der Waals surface area contributed by atoms with Crippen molar-refractivity contribution in [2.75, 3.05) is 14.2 Å². The molecule has 0 saturated heterocycles. The molecule has 21 heavy (non-hydrogen) atoms. The van der Waals surface area contributed by atoms with Crippen LogP contribution >= 0.6 is 0 Å². The summed E-state index contributed by atoms with van der Waals surface area (Å²) in [5.41, 5.74) is 6.20. The van der Waals surface area contributed by atoms with E-state index in [-0.39, 0.29) is 18.2 Å². The number of para-hydroxylation sites is 1. The van der Waals surface area contributed by atoms with Crippen molar-refractivity contribution < 1.29 is 17.6 Å². The fourth-order valence-electron chi connectivity index (χ4n) is 1.92. The van der Waals surface area contributed by atoms with Gasteiger partial charge in [0.1, 0.15) is 11.5 Å². The van der Waals surface area contributed by atoms with Gasteiger partial charge in [0.25, 0.3) is 10.0 Å². The molecular weight excluding hydrogens is 292 g/mol. The maximum absolute atomic E-state index is 12.4. The van der Waals surface area contributed by atoms with E-state index >= 15 is 0 Å². The lowest BCUT2D eigenvalue weighted by Crippen LogP contribution is -2.26. The fraction of sp³-hybridized carbons (Fsp3) is 0.286. The standard InChI is InChI=1S/C14H18N2O4S/c1-16(10-11-5-3-4-6-13(11)19-2)21(17,18)14-8-7-12(9-15)20-14/h3-8H,9-10,15H2,1-2H3. The molecular formula is C14H18N2O4S. The summed E-state index contributed by atoms with van der Waals surface area (Å²) in [6, 6.07) is 10.2. The lowest BCUT2D eigenvalue weighted by atomic mass is 10.2. The number of hydrogen-bond acceptors (Lipinski definition) is 5. The lowest BCUT2D eigenvalue weighted by molar-refractivity contribution is 0.378. The molecule has 0 aliphatic carbocycles. The molecule has 2 aromatic rings. The van der Waals surface area contributed by atoms with Gasteiger partial charge >= 0.3 is 0 Å². The first kappa shape index (κ1) is 15.6. The van der Waals surface area contributed by atoms with Crippen LogP contribution in [0.4, 0.5) is 0 Å². The molecule has 0 saturated carbocycles. The Morgan fingerprint density at radius 2 is 1.95 bits per heavy atom. The van der Waals surface area contributed by atoms with Gasteiger partial charge in [0.05, 0.1) is 13.7 Å². The summed E-state index contributed by atoms with van der Waals surface area (Å²) in [5.74, 6) is 1.07. The summed E-state index contributed by atoms with van der Waals surface area (Å²) in [7, 11) is -0.654. The summed E-state index contributed by atoms with van der Waals surface area (Å²) in [6.45, 7) is 0.344. The molecule has 114 valence electrons. The average Bonchev–Trinajstić information content (AvgIpc) is 2.97. The highest BCUT2D eigenvalue weighted by molar-refractivity contribution is 7.88. The number of methoxy groups -OCH3 is 1. The van der Waals surface area contributed by atoms with E-state index in [1.807, 2.05) is 18.2 Å². The van der Waals surface area contributed by atoms with Crippen LogP contribution in [0.1, 0.15) is 11.3 Å². The Hall–Kier alpha value is -1.83. The highest BCUT2D eigenvalue weighted by Crippen LogP contribution is 2.23. The van der Waals surface area contributed by atoms with E-state index in [4.69, 9.17) is 14.9 Å². The second-order valence-corrected chi connectivity index (χ2v) is 6.47. The summed E-state index contributed by atoms with van der Waals surface area (Å²) < 4.78 is 36.5. The van der Waals surface area contributed by atoms with Crippen molar-refractivity contribution in [3.05, 3.63) is 47.7 Å². The average molecular weight is 310 g/mol. The first-order valence-electron chi connectivity index (χ1n) is 6.36. The van der Waals surface area contributed by atoms with Crippen molar-refractivity contribution >= 4 is 10.0 Å². The summed E-state index contributed by atoms with van der Waals surface area (Å²) in [6.07, 6.45) is 0. The molecule has 6 nitrogen and oxygen atoms in total. The van der Waals surface area contributed by atoms with Crippen molar-refractivity contribution in [1.29, 1.82) is 0 Å². The molecule has 0 radical (unpaired) electrons. The van der Waals surface area contributed by atoms with E-state index in [1.54, 1.807) is 19.2 Å². The van der Waals surface area contributed by atoms with Crippen molar-refractivity contribution in [1.82, 2.24) is 4.31 Å². The van der Waals surface area contributed by atoms with Crippen LogP contribution in [0.5, 0.6) is 5.75 Å². The van der Waals surface area contributed by atoms with E-state index in [1.165, 1.54) is 17.4 Å². The van der Waals surface area contributed by atoms with Crippen molar-refractivity contribution in [2.24, 2.45) is 5.73 Å². The predicted molar refractivity (Wildman–Crippen MR) is 78.2 cm³/mol. The van der Waals surface area contributed by atoms with Crippen molar-refractivity contribution in [3.63, 3.8) is 0 Å². The first-order valence-corrected chi connectivity index (χ1v) is 7.80. The van der Waals surface area contributed by atoms with Gasteiger partial charge in [-0.15, -0.1) is 0 Å². The SMILES string of the molecule is COc1ccccc1CN(C)S(=O)(=O)c1ccc(CN)o1. The third-order valence-corrected chi connectivity index (χ3v) is 4.77. The zero-order chi connectivity index (χ0) is 15.5. The maximum Gasteiger partial charge on any atom is 0.276 e. The van der Waals surface area contributed by atoms with E-state index in [0.29, 0.717) is 11.5 Å². The van der Waals surface area contributed by atoms with Gasteiger partial charge in [-0.05, 0) is 18.2 Å². The quantitative estimate of drug-likeness (QED) is 0.875. The second kappa shape index (κ2) is 6.30. The molecule has 0 atom stereocenters. The van der Waals surface area contributed by atoms with Crippen LogP contribution in [0.3, 0.4) is 0 Å². The largest absolute Gasteiger partial charge is 0.496 e. The number of rotatable bonds is 6. The third-order valence-electron chi connectivity index (χ3n) is 3.09. The number of furan rings is 1. The smallest absolute Gasteiger partial charge is 0.276 e. The Morgan fingerprint density at radius 3 is 2.57 bits per heavy atom. The maximum atomic E-state index is 12.4. The highest BCUT2D eigenvalue weighted by atomic mass is 32.2. The molecule has 7 heteroatoms. The van der Waals surface area contributed by atoms with Crippen LogP contribution < -0.4 is 10.5 Å². The zero-order valence-electron chi connectivity index (χ0n) is 11.9. The van der Waals surface area contributed by atoms with E-state index in [9.17, 15) is 8.42 Å². The molecule has 1 heterocycles. The molecule has 0 amide bonds. The summed E-state index contributed by atoms with van der Waals surface area (Å²) >= 11 is 0. The second-order valence-electron chi connectivity index (χ2n) is 4.50. The van der Waals surface area contributed by atoms with Gasteiger partial charge in [-0.2, -0.15) is 4.31 Å². The van der Waals surface area contributed by atoms with E-state index in [2.05, 4.69) is 0 Å². The molecule has 0 aliphatic rings. The Bertz CT molecular complexity index is 709. The number of ether oxygens (including phenoxy) is 1. The molecule has 2 N–H and O–H groups in total. The van der Waals surface area contributed by atoms with E-state index < -0.39 is 10.0 Å². The molecule has 0 bridgehead atoms. The Labute approximate surface area is 124 Å². The van der Waals surface area contributed by atoms with Gasteiger partial charge in [-0.1, -0.05) is 18.2 Å². The Morgan fingerprint density at radius 1 is 1.24 bits per heavy atom. The van der Waals surface area contributed by atoms with Crippen LogP contribution in [-0.2, 0) is 23.1 Å². The minimum Gasteiger partial charge on any atom is -0.496 e. The molecule has 0 spiro atoms. The van der Waals surface area contributed by atoms with Gasteiger partial charge in [0, 0.05) is 19.2 Å². The number of nitrogens with zero attached hydrogens (tertiary/aromatic N) is 1. The molecule has 0 aliphatic heterocycles. The number of hydrogen-bond donors (Lipinski definition) is 1. The van der Waals surface area contributed by atoms with Crippen LogP contribution in [0.15, 0.2) is 45.9 Å². The van der Waals surface area contributed by atoms with Crippen LogP contribution in [-0.4, -0.2) is 26.9 Å². The Balaban J connectivity index is 2.24.